The molecule has 0 aliphatic rings. The van der Waals surface area contributed by atoms with Crippen molar-refractivity contribution in [3.63, 3.8) is 0 Å². The molecule has 0 aliphatic heterocycles. The van der Waals surface area contributed by atoms with Gasteiger partial charge in [-0.3, -0.25) is 0 Å². The van der Waals surface area contributed by atoms with Crippen molar-refractivity contribution < 1.29 is 0 Å². The van der Waals surface area contributed by atoms with E-state index in [1.54, 1.807) is 18.1 Å². The molecular formula is C15H21ClN4S. The molecule has 0 radical (unpaired) electrons. The van der Waals surface area contributed by atoms with Gasteiger partial charge in [0, 0.05) is 29.2 Å². The molecule has 21 heavy (non-hydrogen) atoms. The van der Waals surface area contributed by atoms with Crippen molar-refractivity contribution in [3.8, 4) is 0 Å². The molecule has 2 aromatic rings. The van der Waals surface area contributed by atoms with Gasteiger partial charge in [0.15, 0.2) is 0 Å². The Morgan fingerprint density at radius 3 is 2.76 bits per heavy atom. The van der Waals surface area contributed by atoms with Gasteiger partial charge in [-0.05, 0) is 33.0 Å². The molecule has 4 nitrogen and oxygen atoms in total. The number of rotatable bonds is 7. The molecule has 2 rings (SSSR count). The van der Waals surface area contributed by atoms with Crippen LogP contribution in [0.1, 0.15) is 25.7 Å². The molecule has 0 saturated carbocycles. The van der Waals surface area contributed by atoms with Gasteiger partial charge in [0.1, 0.15) is 12.2 Å². The summed E-state index contributed by atoms with van der Waals surface area (Å²) in [7, 11) is 1.98. The molecule has 0 spiro atoms. The average Bonchev–Trinajstić information content (AvgIpc) is 2.93. The van der Waals surface area contributed by atoms with E-state index < -0.39 is 0 Å². The van der Waals surface area contributed by atoms with Crippen molar-refractivity contribution in [3.05, 3.63) is 41.4 Å². The number of nitrogens with zero attached hydrogens (tertiary/aromatic N) is 3. The van der Waals surface area contributed by atoms with Crippen LogP contribution in [0.25, 0.3) is 0 Å². The molecule has 1 atom stereocenters. The SMILES string of the molecule is CNC(CSc1ccccc1Cl)Cc1ncnn1C(C)C. The largest absolute Gasteiger partial charge is 0.316 e. The quantitative estimate of drug-likeness (QED) is 0.792. The summed E-state index contributed by atoms with van der Waals surface area (Å²) >= 11 is 7.96. The molecular weight excluding hydrogens is 304 g/mol. The van der Waals surface area contributed by atoms with E-state index in [1.165, 1.54) is 0 Å². The molecule has 1 unspecified atom stereocenters. The number of hydrogen-bond donors (Lipinski definition) is 1. The zero-order chi connectivity index (χ0) is 15.2. The molecule has 0 amide bonds. The van der Waals surface area contributed by atoms with Crippen molar-refractivity contribution in [1.82, 2.24) is 20.1 Å². The Morgan fingerprint density at radius 1 is 1.33 bits per heavy atom. The van der Waals surface area contributed by atoms with Gasteiger partial charge < -0.3 is 5.32 Å². The van der Waals surface area contributed by atoms with Gasteiger partial charge in [-0.2, -0.15) is 5.10 Å². The second-order valence-electron chi connectivity index (χ2n) is 5.15. The summed E-state index contributed by atoms with van der Waals surface area (Å²) in [5.74, 6) is 1.95. The minimum absolute atomic E-state index is 0.327. The van der Waals surface area contributed by atoms with E-state index in [0.29, 0.717) is 12.1 Å². The number of likely N-dealkylation sites (N-methyl/N-ethyl adjacent to an activating group) is 1. The lowest BCUT2D eigenvalue weighted by Crippen LogP contribution is -2.31. The monoisotopic (exact) mass is 324 g/mol. The van der Waals surface area contributed by atoms with E-state index in [4.69, 9.17) is 11.6 Å². The number of aromatic nitrogens is 3. The predicted molar refractivity (Wildman–Crippen MR) is 89.1 cm³/mol. The standard InChI is InChI=1S/C15H21ClN4S/c1-11(2)20-15(18-10-19-20)8-12(17-3)9-21-14-7-5-4-6-13(14)16/h4-7,10-12,17H,8-9H2,1-3H3. The lowest BCUT2D eigenvalue weighted by Gasteiger charge is -2.17. The number of halogens is 1. The van der Waals surface area contributed by atoms with E-state index in [9.17, 15) is 0 Å². The van der Waals surface area contributed by atoms with Crippen molar-refractivity contribution in [2.45, 2.75) is 37.2 Å². The first-order valence-electron chi connectivity index (χ1n) is 7.04. The van der Waals surface area contributed by atoms with E-state index in [1.807, 2.05) is 29.9 Å². The summed E-state index contributed by atoms with van der Waals surface area (Å²) in [5.41, 5.74) is 0. The highest BCUT2D eigenvalue weighted by Crippen LogP contribution is 2.27. The predicted octanol–water partition coefficient (Wildman–Crippen LogP) is 3.44. The van der Waals surface area contributed by atoms with Gasteiger partial charge in [-0.25, -0.2) is 9.67 Å². The molecule has 114 valence electrons. The summed E-state index contributed by atoms with van der Waals surface area (Å²) in [6, 6.07) is 8.60. The molecule has 1 aromatic heterocycles. The van der Waals surface area contributed by atoms with Crippen LogP contribution in [0.3, 0.4) is 0 Å². The van der Waals surface area contributed by atoms with Gasteiger partial charge in [0.05, 0.1) is 5.02 Å². The first kappa shape index (κ1) is 16.3. The van der Waals surface area contributed by atoms with Crippen LogP contribution < -0.4 is 5.32 Å². The highest BCUT2D eigenvalue weighted by Gasteiger charge is 2.14. The van der Waals surface area contributed by atoms with E-state index >= 15 is 0 Å². The van der Waals surface area contributed by atoms with Gasteiger partial charge in [0.25, 0.3) is 0 Å². The Bertz CT molecular complexity index is 570. The minimum Gasteiger partial charge on any atom is -0.316 e. The van der Waals surface area contributed by atoms with E-state index in [2.05, 4.69) is 35.3 Å². The zero-order valence-corrected chi connectivity index (χ0v) is 14.2. The normalized spacial score (nSPS) is 12.8. The lowest BCUT2D eigenvalue weighted by atomic mass is 10.2. The molecule has 0 bridgehead atoms. The van der Waals surface area contributed by atoms with Crippen molar-refractivity contribution in [1.29, 1.82) is 0 Å². The van der Waals surface area contributed by atoms with Crippen LogP contribution in [0, 0.1) is 0 Å². The summed E-state index contributed by atoms with van der Waals surface area (Å²) < 4.78 is 1.98. The van der Waals surface area contributed by atoms with E-state index in [-0.39, 0.29) is 0 Å². The summed E-state index contributed by atoms with van der Waals surface area (Å²) in [6.07, 6.45) is 2.48. The molecule has 1 N–H and O–H groups in total. The fourth-order valence-corrected chi connectivity index (χ4v) is 3.41. The maximum atomic E-state index is 6.19. The third-order valence-electron chi connectivity index (χ3n) is 3.25. The lowest BCUT2D eigenvalue weighted by molar-refractivity contribution is 0.484. The molecule has 0 saturated heterocycles. The number of nitrogens with one attached hydrogen (secondary N) is 1. The Morgan fingerprint density at radius 2 is 2.10 bits per heavy atom. The summed E-state index contributed by atoms with van der Waals surface area (Å²) in [4.78, 5) is 5.49. The molecule has 0 aliphatic carbocycles. The number of hydrogen-bond acceptors (Lipinski definition) is 4. The van der Waals surface area contributed by atoms with Crippen LogP contribution in [0.15, 0.2) is 35.5 Å². The van der Waals surface area contributed by atoms with Crippen LogP contribution in [-0.2, 0) is 6.42 Å². The van der Waals surface area contributed by atoms with Crippen LogP contribution in [0.2, 0.25) is 5.02 Å². The maximum absolute atomic E-state index is 6.19. The smallest absolute Gasteiger partial charge is 0.138 e. The fourth-order valence-electron chi connectivity index (χ4n) is 2.07. The second kappa shape index (κ2) is 7.82. The van der Waals surface area contributed by atoms with Crippen LogP contribution in [-0.4, -0.2) is 33.6 Å². The Hall–Kier alpha value is -1.04. The zero-order valence-electron chi connectivity index (χ0n) is 12.6. The Balaban J connectivity index is 1.97. The Labute approximate surface area is 135 Å². The summed E-state index contributed by atoms with van der Waals surface area (Å²) in [5, 5.41) is 8.44. The van der Waals surface area contributed by atoms with Crippen LogP contribution in [0.5, 0.6) is 0 Å². The maximum Gasteiger partial charge on any atom is 0.138 e. The molecule has 6 heteroatoms. The Kier molecular flexibility index (Phi) is 6.08. The number of thioether (sulfide) groups is 1. The van der Waals surface area contributed by atoms with Crippen LogP contribution in [0.4, 0.5) is 0 Å². The third-order valence-corrected chi connectivity index (χ3v) is 4.93. The molecule has 1 heterocycles. The third kappa shape index (κ3) is 4.46. The average molecular weight is 325 g/mol. The summed E-state index contributed by atoms with van der Waals surface area (Å²) in [6.45, 7) is 4.23. The first-order valence-corrected chi connectivity index (χ1v) is 8.41. The highest BCUT2D eigenvalue weighted by molar-refractivity contribution is 7.99. The molecule has 1 aromatic carbocycles. The van der Waals surface area contributed by atoms with E-state index in [0.717, 1.165) is 27.9 Å². The topological polar surface area (TPSA) is 42.7 Å². The minimum atomic E-state index is 0.327. The number of benzene rings is 1. The molecule has 0 fully saturated rings. The van der Waals surface area contributed by atoms with Gasteiger partial charge in [0.2, 0.25) is 0 Å². The van der Waals surface area contributed by atoms with Crippen molar-refractivity contribution in [2.24, 2.45) is 0 Å². The van der Waals surface area contributed by atoms with Gasteiger partial charge in [-0.1, -0.05) is 23.7 Å². The van der Waals surface area contributed by atoms with Gasteiger partial charge in [-0.15, -0.1) is 11.8 Å². The van der Waals surface area contributed by atoms with Crippen molar-refractivity contribution >= 4 is 23.4 Å². The van der Waals surface area contributed by atoms with Crippen LogP contribution >= 0.6 is 23.4 Å². The first-order chi connectivity index (χ1) is 10.1. The highest BCUT2D eigenvalue weighted by atomic mass is 35.5. The fraction of sp³-hybridized carbons (Fsp3) is 0.467. The van der Waals surface area contributed by atoms with Crippen molar-refractivity contribution in [2.75, 3.05) is 12.8 Å². The van der Waals surface area contributed by atoms with Gasteiger partial charge >= 0.3 is 0 Å². The second-order valence-corrected chi connectivity index (χ2v) is 6.61.